The summed E-state index contributed by atoms with van der Waals surface area (Å²) in [5.41, 5.74) is 8.38. The molecule has 1 aliphatic rings. The molecular weight excluding hydrogens is 424 g/mol. The second-order valence-corrected chi connectivity index (χ2v) is 9.01. The number of primary amides is 1. The third-order valence-electron chi connectivity index (χ3n) is 6.94. The average molecular weight is 459 g/mol. The molecule has 1 aliphatic heterocycles. The molecule has 5 heteroatoms. The molecule has 1 saturated heterocycles. The van der Waals surface area contributed by atoms with Crippen LogP contribution < -0.4 is 10.5 Å². The highest BCUT2D eigenvalue weighted by Gasteiger charge is 2.49. The van der Waals surface area contributed by atoms with Crippen molar-refractivity contribution in [3.05, 3.63) is 102 Å². The molecule has 3 N–H and O–H groups in total. The van der Waals surface area contributed by atoms with E-state index in [2.05, 4.69) is 4.90 Å². The van der Waals surface area contributed by atoms with Gasteiger partial charge in [0.1, 0.15) is 11.2 Å². The Kier molecular flexibility index (Phi) is 7.99. The number of aliphatic hydroxyl groups is 1. The number of carbonyl (C=O) groups is 1. The zero-order valence-electron chi connectivity index (χ0n) is 19.6. The Hall–Kier alpha value is -3.15. The number of aliphatic hydroxyl groups excluding tert-OH is 1. The van der Waals surface area contributed by atoms with Crippen LogP contribution in [0.4, 0.5) is 0 Å². The Labute approximate surface area is 202 Å². The zero-order valence-corrected chi connectivity index (χ0v) is 19.6. The number of likely N-dealkylation sites (tertiary alicyclic amines) is 1. The molecule has 0 aliphatic carbocycles. The highest BCUT2D eigenvalue weighted by molar-refractivity contribution is 5.91. The van der Waals surface area contributed by atoms with Crippen molar-refractivity contribution in [3.63, 3.8) is 0 Å². The number of ether oxygens (including phenoxy) is 1. The number of nitrogens with zero attached hydrogens (tertiary/aromatic N) is 1. The zero-order chi connectivity index (χ0) is 23.8. The molecule has 1 fully saturated rings. The normalized spacial score (nSPS) is 16.4. The molecule has 1 atom stereocenters. The first kappa shape index (κ1) is 24.0. The first-order valence-electron chi connectivity index (χ1n) is 12.1. The molecule has 3 aromatic carbocycles. The standard InChI is InChI=1S/C29H34N2O3/c30-28(33)29(24-8-3-1-4-9-24,25-10-5-2-6-11-25)26-16-19-31(22-26)18-7-21-34-27-14-12-23(13-15-27)17-20-32/h1-6,8-15,26,32H,7,16-22H2,(H2,30,33)/t26-/m1/s1. The van der Waals surface area contributed by atoms with Gasteiger partial charge in [0.15, 0.2) is 0 Å². The molecular formula is C29H34N2O3. The van der Waals surface area contributed by atoms with Crippen LogP contribution in [0.1, 0.15) is 29.5 Å². The molecule has 0 radical (unpaired) electrons. The molecule has 1 amide bonds. The van der Waals surface area contributed by atoms with E-state index in [9.17, 15) is 4.79 Å². The molecule has 0 saturated carbocycles. The molecule has 4 rings (SSSR count). The van der Waals surface area contributed by atoms with Crippen molar-refractivity contribution in [1.29, 1.82) is 0 Å². The van der Waals surface area contributed by atoms with Crippen LogP contribution in [0.5, 0.6) is 5.75 Å². The lowest BCUT2D eigenvalue weighted by Crippen LogP contribution is -2.49. The minimum absolute atomic E-state index is 0.106. The second kappa shape index (κ2) is 11.3. The molecule has 0 spiro atoms. The Morgan fingerprint density at radius 3 is 2.15 bits per heavy atom. The minimum atomic E-state index is -0.843. The van der Waals surface area contributed by atoms with E-state index in [-0.39, 0.29) is 18.4 Å². The largest absolute Gasteiger partial charge is 0.494 e. The fourth-order valence-electron chi connectivity index (χ4n) is 5.27. The topological polar surface area (TPSA) is 75.8 Å². The van der Waals surface area contributed by atoms with E-state index in [0.29, 0.717) is 13.0 Å². The van der Waals surface area contributed by atoms with Crippen LogP contribution in [0.25, 0.3) is 0 Å². The van der Waals surface area contributed by atoms with E-state index >= 15 is 0 Å². The SMILES string of the molecule is NC(=O)C(c1ccccc1)(c1ccccc1)[C@@H]1CCN(CCCOc2ccc(CCO)cc2)C1. The van der Waals surface area contributed by atoms with Crippen molar-refractivity contribution in [1.82, 2.24) is 4.90 Å². The van der Waals surface area contributed by atoms with Crippen LogP contribution in [-0.2, 0) is 16.6 Å². The Bertz CT molecular complexity index is 998. The maximum atomic E-state index is 13.2. The van der Waals surface area contributed by atoms with Gasteiger partial charge in [-0.2, -0.15) is 0 Å². The van der Waals surface area contributed by atoms with E-state index in [1.165, 1.54) is 0 Å². The third-order valence-corrected chi connectivity index (χ3v) is 6.94. The number of benzene rings is 3. The summed E-state index contributed by atoms with van der Waals surface area (Å²) in [7, 11) is 0. The monoisotopic (exact) mass is 458 g/mol. The lowest BCUT2D eigenvalue weighted by molar-refractivity contribution is -0.123. The minimum Gasteiger partial charge on any atom is -0.494 e. The summed E-state index contributed by atoms with van der Waals surface area (Å²) in [6.07, 6.45) is 2.49. The number of hydrogen-bond donors (Lipinski definition) is 2. The summed E-state index contributed by atoms with van der Waals surface area (Å²) in [6.45, 7) is 3.47. The van der Waals surface area contributed by atoms with Gasteiger partial charge in [-0.15, -0.1) is 0 Å². The van der Waals surface area contributed by atoms with Gasteiger partial charge in [-0.25, -0.2) is 0 Å². The number of rotatable bonds is 11. The summed E-state index contributed by atoms with van der Waals surface area (Å²) in [5.74, 6) is 0.668. The summed E-state index contributed by atoms with van der Waals surface area (Å²) >= 11 is 0. The Balaban J connectivity index is 1.41. The van der Waals surface area contributed by atoms with Crippen LogP contribution in [0.2, 0.25) is 0 Å². The van der Waals surface area contributed by atoms with Gasteiger partial charge in [0.2, 0.25) is 5.91 Å². The Morgan fingerprint density at radius 1 is 0.971 bits per heavy atom. The van der Waals surface area contributed by atoms with E-state index in [1.54, 1.807) is 0 Å². The van der Waals surface area contributed by atoms with E-state index in [1.807, 2.05) is 84.9 Å². The maximum Gasteiger partial charge on any atom is 0.232 e. The molecule has 34 heavy (non-hydrogen) atoms. The highest BCUT2D eigenvalue weighted by Crippen LogP contribution is 2.43. The van der Waals surface area contributed by atoms with Gasteiger partial charge >= 0.3 is 0 Å². The molecule has 5 nitrogen and oxygen atoms in total. The molecule has 0 aromatic heterocycles. The number of hydrogen-bond acceptors (Lipinski definition) is 4. The quantitative estimate of drug-likeness (QED) is 0.429. The van der Waals surface area contributed by atoms with Crippen LogP contribution in [0.3, 0.4) is 0 Å². The second-order valence-electron chi connectivity index (χ2n) is 9.01. The van der Waals surface area contributed by atoms with Gasteiger partial charge in [0.05, 0.1) is 6.61 Å². The van der Waals surface area contributed by atoms with Crippen molar-refractivity contribution in [2.75, 3.05) is 32.8 Å². The van der Waals surface area contributed by atoms with Crippen molar-refractivity contribution in [2.24, 2.45) is 11.7 Å². The smallest absolute Gasteiger partial charge is 0.232 e. The van der Waals surface area contributed by atoms with Crippen molar-refractivity contribution in [3.8, 4) is 5.75 Å². The lowest BCUT2D eigenvalue weighted by Gasteiger charge is -2.37. The van der Waals surface area contributed by atoms with Gasteiger partial charge in [-0.05, 0) is 60.5 Å². The molecule has 1 heterocycles. The fourth-order valence-corrected chi connectivity index (χ4v) is 5.27. The van der Waals surface area contributed by atoms with Crippen LogP contribution in [-0.4, -0.2) is 48.8 Å². The first-order valence-corrected chi connectivity index (χ1v) is 12.1. The van der Waals surface area contributed by atoms with E-state index in [4.69, 9.17) is 15.6 Å². The predicted octanol–water partition coefficient (Wildman–Crippen LogP) is 3.78. The summed E-state index contributed by atoms with van der Waals surface area (Å²) in [4.78, 5) is 15.6. The van der Waals surface area contributed by atoms with E-state index < -0.39 is 5.41 Å². The van der Waals surface area contributed by atoms with Crippen molar-refractivity contribution in [2.45, 2.75) is 24.7 Å². The van der Waals surface area contributed by atoms with Crippen LogP contribution in [0.15, 0.2) is 84.9 Å². The Morgan fingerprint density at radius 2 is 1.59 bits per heavy atom. The molecule has 0 unspecified atom stereocenters. The van der Waals surface area contributed by atoms with E-state index in [0.717, 1.165) is 54.9 Å². The number of carbonyl (C=O) groups excluding carboxylic acids is 1. The summed E-state index contributed by atoms with van der Waals surface area (Å²) in [6, 6.07) is 27.9. The van der Waals surface area contributed by atoms with Crippen LogP contribution >= 0.6 is 0 Å². The third kappa shape index (κ3) is 5.16. The van der Waals surface area contributed by atoms with Gasteiger partial charge in [0.25, 0.3) is 0 Å². The van der Waals surface area contributed by atoms with Gasteiger partial charge in [0, 0.05) is 19.7 Å². The summed E-state index contributed by atoms with van der Waals surface area (Å²) in [5, 5.41) is 9.03. The molecule has 178 valence electrons. The van der Waals surface area contributed by atoms with Gasteiger partial charge in [-0.1, -0.05) is 72.8 Å². The first-order chi connectivity index (χ1) is 16.6. The van der Waals surface area contributed by atoms with Gasteiger partial charge < -0.3 is 20.5 Å². The number of nitrogens with two attached hydrogens (primary N) is 1. The molecule has 3 aromatic rings. The fraction of sp³-hybridized carbons (Fsp3) is 0.345. The van der Waals surface area contributed by atoms with Crippen molar-refractivity contribution >= 4 is 5.91 Å². The summed E-state index contributed by atoms with van der Waals surface area (Å²) < 4.78 is 5.91. The van der Waals surface area contributed by atoms with Crippen LogP contribution in [0, 0.1) is 5.92 Å². The maximum absolute atomic E-state index is 13.2. The molecule has 0 bridgehead atoms. The number of amides is 1. The lowest BCUT2D eigenvalue weighted by atomic mass is 9.64. The van der Waals surface area contributed by atoms with Crippen molar-refractivity contribution < 1.29 is 14.6 Å². The average Bonchev–Trinajstić information content (AvgIpc) is 3.34. The predicted molar refractivity (Wildman–Crippen MR) is 135 cm³/mol. The highest BCUT2D eigenvalue weighted by atomic mass is 16.5. The van der Waals surface area contributed by atoms with Gasteiger partial charge in [-0.3, -0.25) is 4.79 Å².